The normalized spacial score (nSPS) is 10.6. The minimum absolute atomic E-state index is 0.0571. The molecular weight excluding hydrogens is 321 g/mol. The standard InChI is InChI=1S/C16H15BrFNO/c17-14-5-6-15(18)13(9-14)10-16(20)12-3-1-11(2-4-12)7-8-19/h1-6,9H,7-8,10,19H2. The van der Waals surface area contributed by atoms with Crippen molar-refractivity contribution in [2.45, 2.75) is 12.8 Å². The third-order valence-electron chi connectivity index (χ3n) is 3.07. The van der Waals surface area contributed by atoms with Gasteiger partial charge in [-0.2, -0.15) is 0 Å². The zero-order valence-corrected chi connectivity index (χ0v) is 12.5. The minimum atomic E-state index is -0.360. The van der Waals surface area contributed by atoms with Gasteiger partial charge in [0.1, 0.15) is 5.82 Å². The van der Waals surface area contributed by atoms with E-state index in [0.29, 0.717) is 17.7 Å². The molecule has 0 aliphatic rings. The van der Waals surface area contributed by atoms with Gasteiger partial charge in [0.2, 0.25) is 0 Å². The van der Waals surface area contributed by atoms with Crippen LogP contribution < -0.4 is 5.73 Å². The van der Waals surface area contributed by atoms with E-state index in [-0.39, 0.29) is 18.0 Å². The summed E-state index contributed by atoms with van der Waals surface area (Å²) in [5, 5.41) is 0. The van der Waals surface area contributed by atoms with E-state index >= 15 is 0 Å². The second-order valence-electron chi connectivity index (χ2n) is 4.57. The summed E-state index contributed by atoms with van der Waals surface area (Å²) >= 11 is 3.28. The molecule has 0 radical (unpaired) electrons. The number of benzene rings is 2. The van der Waals surface area contributed by atoms with E-state index in [4.69, 9.17) is 5.73 Å². The summed E-state index contributed by atoms with van der Waals surface area (Å²) in [6.45, 7) is 0.580. The average Bonchev–Trinajstić information content (AvgIpc) is 2.44. The molecule has 0 aliphatic carbocycles. The molecule has 0 fully saturated rings. The fourth-order valence-electron chi connectivity index (χ4n) is 1.98. The Hall–Kier alpha value is -1.52. The molecule has 2 aromatic rings. The van der Waals surface area contributed by atoms with Crippen LogP contribution in [0.4, 0.5) is 4.39 Å². The second-order valence-corrected chi connectivity index (χ2v) is 5.49. The van der Waals surface area contributed by atoms with Crippen molar-refractivity contribution >= 4 is 21.7 Å². The summed E-state index contributed by atoms with van der Waals surface area (Å²) < 4.78 is 14.4. The number of hydrogen-bond donors (Lipinski definition) is 1. The molecule has 0 unspecified atom stereocenters. The lowest BCUT2D eigenvalue weighted by atomic mass is 10.0. The van der Waals surface area contributed by atoms with Crippen molar-refractivity contribution in [1.82, 2.24) is 0 Å². The van der Waals surface area contributed by atoms with Gasteiger partial charge in [0.25, 0.3) is 0 Å². The van der Waals surface area contributed by atoms with Crippen molar-refractivity contribution in [2.75, 3.05) is 6.54 Å². The smallest absolute Gasteiger partial charge is 0.167 e. The predicted octanol–water partition coefficient (Wildman–Crippen LogP) is 3.51. The van der Waals surface area contributed by atoms with Crippen LogP contribution in [-0.4, -0.2) is 12.3 Å². The van der Waals surface area contributed by atoms with Crippen LogP contribution in [0.1, 0.15) is 21.5 Å². The van der Waals surface area contributed by atoms with Crippen LogP contribution in [0.3, 0.4) is 0 Å². The molecule has 0 spiro atoms. The van der Waals surface area contributed by atoms with Crippen molar-refractivity contribution in [3.8, 4) is 0 Å². The Balaban J connectivity index is 2.13. The zero-order chi connectivity index (χ0) is 14.5. The molecular formula is C16H15BrFNO. The summed E-state index contributed by atoms with van der Waals surface area (Å²) in [6.07, 6.45) is 0.843. The first-order valence-corrected chi connectivity index (χ1v) is 7.15. The van der Waals surface area contributed by atoms with Gasteiger partial charge in [0, 0.05) is 16.5 Å². The Labute approximate surface area is 125 Å². The van der Waals surface area contributed by atoms with E-state index in [0.717, 1.165) is 16.5 Å². The van der Waals surface area contributed by atoms with Gasteiger partial charge in [-0.15, -0.1) is 0 Å². The van der Waals surface area contributed by atoms with E-state index in [2.05, 4.69) is 15.9 Å². The maximum Gasteiger partial charge on any atom is 0.167 e. The van der Waals surface area contributed by atoms with Crippen LogP contribution >= 0.6 is 15.9 Å². The monoisotopic (exact) mass is 335 g/mol. The molecule has 4 heteroatoms. The Morgan fingerprint density at radius 2 is 1.85 bits per heavy atom. The highest BCUT2D eigenvalue weighted by molar-refractivity contribution is 9.10. The highest BCUT2D eigenvalue weighted by Gasteiger charge is 2.11. The predicted molar refractivity (Wildman–Crippen MR) is 81.3 cm³/mol. The number of carbonyl (C=O) groups is 1. The maximum absolute atomic E-state index is 13.6. The van der Waals surface area contributed by atoms with Gasteiger partial charge in [-0.3, -0.25) is 4.79 Å². The molecule has 20 heavy (non-hydrogen) atoms. The number of ketones is 1. The number of halogens is 2. The molecule has 0 aliphatic heterocycles. The summed E-state index contributed by atoms with van der Waals surface area (Å²) in [5.74, 6) is -0.456. The molecule has 0 amide bonds. The molecule has 0 heterocycles. The molecule has 2 nitrogen and oxygen atoms in total. The van der Waals surface area contributed by atoms with E-state index in [9.17, 15) is 9.18 Å². The first kappa shape index (κ1) is 14.9. The van der Waals surface area contributed by atoms with E-state index < -0.39 is 0 Å². The zero-order valence-electron chi connectivity index (χ0n) is 10.9. The number of Topliss-reactive ketones (excluding diaryl/α,β-unsaturated/α-hetero) is 1. The van der Waals surface area contributed by atoms with Crippen LogP contribution in [0.2, 0.25) is 0 Å². The molecule has 0 saturated heterocycles. The summed E-state index contributed by atoms with van der Waals surface area (Å²) in [6, 6.07) is 11.9. The van der Waals surface area contributed by atoms with Crippen LogP contribution in [0.25, 0.3) is 0 Å². The molecule has 2 rings (SSSR count). The second kappa shape index (κ2) is 6.77. The Morgan fingerprint density at radius 1 is 1.15 bits per heavy atom. The maximum atomic E-state index is 13.6. The third-order valence-corrected chi connectivity index (χ3v) is 3.56. The van der Waals surface area contributed by atoms with Gasteiger partial charge in [0.15, 0.2) is 5.78 Å². The molecule has 2 aromatic carbocycles. The van der Waals surface area contributed by atoms with E-state index in [1.165, 1.54) is 6.07 Å². The highest BCUT2D eigenvalue weighted by atomic mass is 79.9. The SMILES string of the molecule is NCCc1ccc(C(=O)Cc2cc(Br)ccc2F)cc1. The van der Waals surface area contributed by atoms with Crippen molar-refractivity contribution in [3.63, 3.8) is 0 Å². The topological polar surface area (TPSA) is 43.1 Å². The molecule has 2 N–H and O–H groups in total. The molecule has 0 bridgehead atoms. The van der Waals surface area contributed by atoms with Crippen LogP contribution in [0.5, 0.6) is 0 Å². The van der Waals surface area contributed by atoms with Crippen molar-refractivity contribution < 1.29 is 9.18 Å². The Kier molecular flexibility index (Phi) is 5.04. The first-order valence-electron chi connectivity index (χ1n) is 6.36. The van der Waals surface area contributed by atoms with Gasteiger partial charge in [0.05, 0.1) is 0 Å². The van der Waals surface area contributed by atoms with Crippen molar-refractivity contribution in [2.24, 2.45) is 5.73 Å². The lowest BCUT2D eigenvalue weighted by molar-refractivity contribution is 0.0992. The lowest BCUT2D eigenvalue weighted by Crippen LogP contribution is -2.06. The van der Waals surface area contributed by atoms with E-state index in [1.807, 2.05) is 12.1 Å². The minimum Gasteiger partial charge on any atom is -0.330 e. The first-order chi connectivity index (χ1) is 9.60. The van der Waals surface area contributed by atoms with Gasteiger partial charge in [-0.05, 0) is 42.3 Å². The van der Waals surface area contributed by atoms with Gasteiger partial charge in [-0.1, -0.05) is 40.2 Å². The molecule has 104 valence electrons. The summed E-state index contributed by atoms with van der Waals surface area (Å²) in [4.78, 5) is 12.1. The van der Waals surface area contributed by atoms with Crippen LogP contribution in [0, 0.1) is 5.82 Å². The number of rotatable bonds is 5. The van der Waals surface area contributed by atoms with Crippen molar-refractivity contribution in [3.05, 3.63) is 69.4 Å². The lowest BCUT2D eigenvalue weighted by Gasteiger charge is -2.05. The average molecular weight is 336 g/mol. The van der Waals surface area contributed by atoms with Crippen LogP contribution in [0.15, 0.2) is 46.9 Å². The van der Waals surface area contributed by atoms with Gasteiger partial charge >= 0.3 is 0 Å². The van der Waals surface area contributed by atoms with Gasteiger partial charge < -0.3 is 5.73 Å². The molecule has 0 atom stereocenters. The summed E-state index contributed by atoms with van der Waals surface area (Å²) in [5.41, 5.74) is 7.56. The number of carbonyl (C=O) groups excluding carboxylic acids is 1. The Bertz CT molecular complexity index is 610. The number of nitrogens with two attached hydrogens (primary N) is 1. The largest absolute Gasteiger partial charge is 0.330 e. The van der Waals surface area contributed by atoms with Crippen molar-refractivity contribution in [1.29, 1.82) is 0 Å². The van der Waals surface area contributed by atoms with E-state index in [1.54, 1.807) is 24.3 Å². The quantitative estimate of drug-likeness (QED) is 0.849. The highest BCUT2D eigenvalue weighted by Crippen LogP contribution is 2.18. The fourth-order valence-corrected chi connectivity index (χ4v) is 2.39. The van der Waals surface area contributed by atoms with Gasteiger partial charge in [-0.25, -0.2) is 4.39 Å². The van der Waals surface area contributed by atoms with Crippen LogP contribution in [-0.2, 0) is 12.8 Å². The Morgan fingerprint density at radius 3 is 2.50 bits per heavy atom. The molecule has 0 aromatic heterocycles. The molecule has 0 saturated carbocycles. The fraction of sp³-hybridized carbons (Fsp3) is 0.188. The summed E-state index contributed by atoms with van der Waals surface area (Å²) in [7, 11) is 0. The number of hydrogen-bond acceptors (Lipinski definition) is 2. The third kappa shape index (κ3) is 3.74.